The fourth-order valence-corrected chi connectivity index (χ4v) is 0.709. The first kappa shape index (κ1) is 6.51. The average molecular weight is 151 g/mol. The molecule has 60 valence electrons. The van der Waals surface area contributed by atoms with Crippen molar-refractivity contribution in [3.8, 4) is 0 Å². The second-order valence-electron chi connectivity index (χ2n) is 2.12. The van der Waals surface area contributed by atoms with Gasteiger partial charge in [-0.25, -0.2) is 0 Å². The van der Waals surface area contributed by atoms with E-state index in [0.29, 0.717) is 0 Å². The van der Waals surface area contributed by atoms with Crippen LogP contribution in [0.2, 0.25) is 0 Å². The van der Waals surface area contributed by atoms with E-state index in [1.54, 1.807) is 0 Å². The van der Waals surface area contributed by atoms with Gasteiger partial charge in [-0.05, 0) is 0 Å². The number of hydrogen-bond donors (Lipinski definition) is 4. The van der Waals surface area contributed by atoms with E-state index in [4.69, 9.17) is 21.8 Å². The third kappa shape index (κ3) is 1.28. The average Bonchev–Trinajstić information content (AvgIpc) is 1.95. The van der Waals surface area contributed by atoms with E-state index in [1.807, 2.05) is 0 Å². The summed E-state index contributed by atoms with van der Waals surface area (Å²) in [7, 11) is 0. The van der Waals surface area contributed by atoms with Gasteiger partial charge in [-0.1, -0.05) is 0 Å². The Morgan fingerprint density at radius 2 is 1.90 bits per heavy atom. The lowest BCUT2D eigenvalue weighted by atomic mass is 10.1. The van der Waals surface area contributed by atoms with Crippen LogP contribution in [0.5, 0.6) is 0 Å². The summed E-state index contributed by atoms with van der Waals surface area (Å²) in [6.45, 7) is -0.288. The highest BCUT2D eigenvalue weighted by atomic mass is 16.6. The number of rotatable bonds is 0. The van der Waals surface area contributed by atoms with Crippen molar-refractivity contribution in [2.45, 2.75) is 24.6 Å². The fraction of sp³-hybridized carbons (Fsp3) is 1.00. The van der Waals surface area contributed by atoms with Gasteiger partial charge in [0, 0.05) is 0 Å². The summed E-state index contributed by atoms with van der Waals surface area (Å²) >= 11 is 0. The molecule has 1 unspecified atom stereocenters. The summed E-state index contributed by atoms with van der Waals surface area (Å²) in [4.78, 5) is 0. The predicted octanol–water partition coefficient (Wildman–Crippen LogP) is -2.58. The van der Waals surface area contributed by atoms with Crippen LogP contribution in [-0.4, -0.2) is 51.6 Å². The maximum absolute atomic E-state index is 8.96. The van der Waals surface area contributed by atoms with E-state index >= 15 is 0 Å². The highest BCUT2D eigenvalue weighted by Gasteiger charge is 2.36. The van der Waals surface area contributed by atoms with Crippen LogP contribution in [-0.2, 0) is 4.74 Å². The van der Waals surface area contributed by atoms with Crippen molar-refractivity contribution in [3.63, 3.8) is 0 Å². The molecular weight excluding hydrogens is 140 g/mol. The molecule has 5 nitrogen and oxygen atoms in total. The van der Waals surface area contributed by atoms with E-state index in [9.17, 15) is 0 Å². The molecule has 0 aromatic heterocycles. The van der Waals surface area contributed by atoms with Crippen LogP contribution in [0.1, 0.15) is 1.37 Å². The molecule has 1 fully saturated rings. The Hall–Kier alpha value is -0.200. The van der Waals surface area contributed by atoms with E-state index in [1.165, 1.54) is 0 Å². The smallest absolute Gasteiger partial charge is 0.183 e. The Kier molecular flexibility index (Phi) is 1.83. The van der Waals surface area contributed by atoms with E-state index < -0.39 is 24.6 Å². The van der Waals surface area contributed by atoms with Crippen LogP contribution < -0.4 is 0 Å². The molecule has 0 saturated carbocycles. The molecule has 1 aliphatic rings. The number of hydrogen-bond acceptors (Lipinski definition) is 5. The molecule has 0 radical (unpaired) electrons. The molecular formula is C5H10O5. The minimum absolute atomic E-state index is 0.288. The Balaban J connectivity index is 2.72. The molecule has 5 heteroatoms. The molecule has 10 heavy (non-hydrogen) atoms. The normalized spacial score (nSPS) is 58.0. The van der Waals surface area contributed by atoms with Crippen molar-refractivity contribution in [3.05, 3.63) is 0 Å². The zero-order chi connectivity index (χ0) is 8.65. The van der Waals surface area contributed by atoms with Crippen molar-refractivity contribution < 1.29 is 26.5 Å². The SMILES string of the molecule is [2H][C@]1(O)C(O)OC[C@@H](O)[C@H]1O. The monoisotopic (exact) mass is 151 g/mol. The lowest BCUT2D eigenvalue weighted by molar-refractivity contribution is -0.252. The second-order valence-corrected chi connectivity index (χ2v) is 2.12. The fourth-order valence-electron chi connectivity index (χ4n) is 0.709. The van der Waals surface area contributed by atoms with E-state index in [0.717, 1.165) is 0 Å². The Morgan fingerprint density at radius 1 is 1.30 bits per heavy atom. The summed E-state index contributed by atoms with van der Waals surface area (Å²) in [5.41, 5.74) is 0. The van der Waals surface area contributed by atoms with Crippen LogP contribution >= 0.6 is 0 Å². The maximum Gasteiger partial charge on any atom is 0.183 e. The van der Waals surface area contributed by atoms with Crippen LogP contribution in [0, 0.1) is 0 Å². The number of aliphatic hydroxyl groups excluding tert-OH is 3. The van der Waals surface area contributed by atoms with Gasteiger partial charge in [-0.3, -0.25) is 0 Å². The minimum Gasteiger partial charge on any atom is -0.388 e. The molecule has 0 amide bonds. The molecule has 1 heterocycles. The van der Waals surface area contributed by atoms with Gasteiger partial charge in [-0.2, -0.15) is 0 Å². The summed E-state index contributed by atoms with van der Waals surface area (Å²) < 4.78 is 11.3. The van der Waals surface area contributed by atoms with Gasteiger partial charge in [-0.15, -0.1) is 0 Å². The van der Waals surface area contributed by atoms with Gasteiger partial charge in [0.1, 0.15) is 18.3 Å². The lowest BCUT2D eigenvalue weighted by Gasteiger charge is -2.31. The van der Waals surface area contributed by atoms with Crippen LogP contribution in [0.4, 0.5) is 0 Å². The first-order chi connectivity index (χ1) is 4.96. The predicted molar refractivity (Wildman–Crippen MR) is 30.0 cm³/mol. The topological polar surface area (TPSA) is 90.2 Å². The van der Waals surface area contributed by atoms with Crippen molar-refractivity contribution in [2.75, 3.05) is 6.61 Å². The summed E-state index contributed by atoms with van der Waals surface area (Å²) in [6, 6.07) is 0. The Bertz CT molecular complexity index is 150. The maximum atomic E-state index is 8.96. The van der Waals surface area contributed by atoms with Gasteiger partial charge < -0.3 is 25.2 Å². The first-order valence-electron chi connectivity index (χ1n) is 3.34. The van der Waals surface area contributed by atoms with Gasteiger partial charge in [0.2, 0.25) is 0 Å². The summed E-state index contributed by atoms with van der Waals surface area (Å²) in [6.07, 6.45) is -7.36. The third-order valence-electron chi connectivity index (χ3n) is 1.35. The standard InChI is InChI=1S/C5H10O5/c6-2-1-10-5(9)4(8)3(2)7/h2-9H,1H2/t2-,3-,4-,5?/m1/s1/i4D. The molecule has 1 aliphatic heterocycles. The molecule has 0 aliphatic carbocycles. The summed E-state index contributed by atoms with van der Waals surface area (Å²) in [5, 5.41) is 35.6. The van der Waals surface area contributed by atoms with Gasteiger partial charge in [0.25, 0.3) is 0 Å². The number of aliphatic hydroxyl groups is 4. The van der Waals surface area contributed by atoms with Crippen molar-refractivity contribution in [2.24, 2.45) is 0 Å². The highest BCUT2D eigenvalue weighted by molar-refractivity contribution is 4.81. The van der Waals surface area contributed by atoms with Gasteiger partial charge in [0.15, 0.2) is 6.29 Å². The van der Waals surface area contributed by atoms with E-state index in [-0.39, 0.29) is 6.61 Å². The Morgan fingerprint density at radius 3 is 2.40 bits per heavy atom. The van der Waals surface area contributed by atoms with Crippen molar-refractivity contribution in [1.82, 2.24) is 0 Å². The molecule has 0 spiro atoms. The molecule has 0 bridgehead atoms. The van der Waals surface area contributed by atoms with Crippen LogP contribution in [0.3, 0.4) is 0 Å². The molecule has 0 aromatic rings. The molecule has 0 aromatic carbocycles. The van der Waals surface area contributed by atoms with E-state index in [2.05, 4.69) is 4.74 Å². The summed E-state index contributed by atoms with van der Waals surface area (Å²) in [5.74, 6) is 0. The molecule has 4 N–H and O–H groups in total. The first-order valence-corrected chi connectivity index (χ1v) is 2.84. The Labute approximate surface area is 58.9 Å². The van der Waals surface area contributed by atoms with Crippen LogP contribution in [0.15, 0.2) is 0 Å². The largest absolute Gasteiger partial charge is 0.388 e. The van der Waals surface area contributed by atoms with Crippen LogP contribution in [0.25, 0.3) is 0 Å². The van der Waals surface area contributed by atoms with Gasteiger partial charge >= 0.3 is 0 Å². The second kappa shape index (κ2) is 2.81. The molecule has 1 rings (SSSR count). The lowest BCUT2D eigenvalue weighted by Crippen LogP contribution is -2.52. The van der Waals surface area contributed by atoms with Crippen molar-refractivity contribution >= 4 is 0 Å². The number of ether oxygens (including phenoxy) is 1. The van der Waals surface area contributed by atoms with Crippen molar-refractivity contribution in [1.29, 1.82) is 0 Å². The molecule has 1 saturated heterocycles. The molecule has 4 atom stereocenters. The quantitative estimate of drug-likeness (QED) is 0.305. The zero-order valence-electron chi connectivity index (χ0n) is 6.14. The zero-order valence-corrected chi connectivity index (χ0v) is 5.14. The third-order valence-corrected chi connectivity index (χ3v) is 1.35. The highest BCUT2D eigenvalue weighted by Crippen LogP contribution is 2.12. The van der Waals surface area contributed by atoms with Gasteiger partial charge in [0.05, 0.1) is 7.98 Å². The minimum atomic E-state index is -2.54.